The maximum Gasteiger partial charge on any atom is 0.220 e. The Bertz CT molecular complexity index is 286. The van der Waals surface area contributed by atoms with Crippen molar-refractivity contribution in [3.05, 3.63) is 0 Å². The summed E-state index contributed by atoms with van der Waals surface area (Å²) in [6.45, 7) is 11.9. The SMILES string of the molecule is CC.CCCC(CCC)CC(=O)NC(C(=O)CC)C(C)OC. The molecule has 0 saturated carbocycles. The molecule has 0 fully saturated rings. The molecular formula is C18H37NO3. The van der Waals surface area contributed by atoms with Crippen LogP contribution in [0.4, 0.5) is 0 Å². The fourth-order valence-corrected chi connectivity index (χ4v) is 2.48. The van der Waals surface area contributed by atoms with Gasteiger partial charge in [0, 0.05) is 20.0 Å². The summed E-state index contributed by atoms with van der Waals surface area (Å²) in [6.07, 6.45) is 4.92. The second-order valence-electron chi connectivity index (χ2n) is 5.45. The number of carbonyl (C=O) groups excluding carboxylic acids is 2. The van der Waals surface area contributed by atoms with E-state index in [1.807, 2.05) is 20.8 Å². The predicted octanol–water partition coefficient (Wildman–Crippen LogP) is 4.12. The van der Waals surface area contributed by atoms with Gasteiger partial charge in [-0.1, -0.05) is 60.3 Å². The second-order valence-corrected chi connectivity index (χ2v) is 5.45. The maximum absolute atomic E-state index is 12.1. The van der Waals surface area contributed by atoms with Crippen LogP contribution in [-0.2, 0) is 14.3 Å². The van der Waals surface area contributed by atoms with Crippen LogP contribution in [0.5, 0.6) is 0 Å². The smallest absolute Gasteiger partial charge is 0.220 e. The average molecular weight is 315 g/mol. The minimum atomic E-state index is -0.526. The van der Waals surface area contributed by atoms with Gasteiger partial charge in [0.25, 0.3) is 0 Å². The highest BCUT2D eigenvalue weighted by Gasteiger charge is 2.26. The highest BCUT2D eigenvalue weighted by atomic mass is 16.5. The number of carbonyl (C=O) groups is 2. The van der Waals surface area contributed by atoms with Crippen LogP contribution in [0.25, 0.3) is 0 Å². The van der Waals surface area contributed by atoms with Crippen LogP contribution in [0.2, 0.25) is 0 Å². The topological polar surface area (TPSA) is 55.4 Å². The molecule has 4 nitrogen and oxygen atoms in total. The lowest BCUT2D eigenvalue weighted by atomic mass is 9.94. The number of ketones is 1. The Kier molecular flexibility index (Phi) is 15.9. The van der Waals surface area contributed by atoms with Gasteiger partial charge in [-0.3, -0.25) is 9.59 Å². The predicted molar refractivity (Wildman–Crippen MR) is 93.0 cm³/mol. The van der Waals surface area contributed by atoms with E-state index in [0.29, 0.717) is 18.8 Å². The van der Waals surface area contributed by atoms with Crippen LogP contribution >= 0.6 is 0 Å². The molecule has 0 saturated heterocycles. The summed E-state index contributed by atoms with van der Waals surface area (Å²) in [5.74, 6) is 0.406. The molecule has 0 aromatic carbocycles. The minimum absolute atomic E-state index is 0.0234. The largest absolute Gasteiger partial charge is 0.379 e. The number of ether oxygens (including phenoxy) is 1. The number of hydrogen-bond acceptors (Lipinski definition) is 3. The molecule has 0 aromatic heterocycles. The quantitative estimate of drug-likeness (QED) is 0.624. The first-order valence-corrected chi connectivity index (χ1v) is 8.84. The third-order valence-electron chi connectivity index (χ3n) is 3.72. The molecule has 0 radical (unpaired) electrons. The molecule has 0 rings (SSSR count). The minimum Gasteiger partial charge on any atom is -0.379 e. The molecule has 22 heavy (non-hydrogen) atoms. The molecule has 0 spiro atoms. The average Bonchev–Trinajstić information content (AvgIpc) is 2.53. The zero-order chi connectivity index (χ0) is 17.5. The fraction of sp³-hybridized carbons (Fsp3) is 0.889. The van der Waals surface area contributed by atoms with Crippen molar-refractivity contribution in [2.24, 2.45) is 5.92 Å². The van der Waals surface area contributed by atoms with Gasteiger partial charge in [0.05, 0.1) is 6.10 Å². The summed E-state index contributed by atoms with van der Waals surface area (Å²) in [5.41, 5.74) is 0. The molecule has 0 aliphatic rings. The first kappa shape index (κ1) is 23.4. The van der Waals surface area contributed by atoms with E-state index in [-0.39, 0.29) is 17.8 Å². The standard InChI is InChI=1S/C16H31NO3.C2H6/c1-6-9-13(10-7-2)11-15(19)17-16(12(4)20-5)14(18)8-3;1-2/h12-13,16H,6-11H2,1-5H3,(H,17,19);1-2H3. The van der Waals surface area contributed by atoms with Crippen LogP contribution in [0.15, 0.2) is 0 Å². The van der Waals surface area contributed by atoms with Crippen LogP contribution in [0, 0.1) is 5.92 Å². The molecule has 2 unspecified atom stereocenters. The molecule has 0 aliphatic heterocycles. The number of Topliss-reactive ketones (excluding diaryl/α,β-unsaturated/α-hetero) is 1. The summed E-state index contributed by atoms with van der Waals surface area (Å²) in [7, 11) is 1.56. The van der Waals surface area contributed by atoms with Crippen LogP contribution in [-0.4, -0.2) is 30.9 Å². The van der Waals surface area contributed by atoms with Crippen molar-refractivity contribution in [3.8, 4) is 0 Å². The zero-order valence-electron chi connectivity index (χ0n) is 15.7. The Morgan fingerprint density at radius 2 is 1.55 bits per heavy atom. The summed E-state index contributed by atoms with van der Waals surface area (Å²) >= 11 is 0. The Morgan fingerprint density at radius 3 is 1.91 bits per heavy atom. The van der Waals surface area contributed by atoms with Gasteiger partial charge < -0.3 is 10.1 Å². The Labute approximate surface area is 137 Å². The lowest BCUT2D eigenvalue weighted by Crippen LogP contribution is -2.48. The molecule has 0 heterocycles. The van der Waals surface area contributed by atoms with E-state index in [0.717, 1.165) is 25.7 Å². The van der Waals surface area contributed by atoms with Crippen molar-refractivity contribution in [2.45, 2.75) is 92.2 Å². The third-order valence-corrected chi connectivity index (χ3v) is 3.72. The first-order valence-electron chi connectivity index (χ1n) is 8.84. The number of hydrogen-bond donors (Lipinski definition) is 1. The van der Waals surface area contributed by atoms with Gasteiger partial charge in [-0.25, -0.2) is 0 Å². The maximum atomic E-state index is 12.1. The van der Waals surface area contributed by atoms with Crippen LogP contribution in [0.1, 0.15) is 80.1 Å². The summed E-state index contributed by atoms with van der Waals surface area (Å²) in [4.78, 5) is 24.0. The van der Waals surface area contributed by atoms with Gasteiger partial charge in [-0.15, -0.1) is 0 Å². The molecule has 132 valence electrons. The molecule has 0 aliphatic carbocycles. The van der Waals surface area contributed by atoms with Crippen molar-refractivity contribution >= 4 is 11.7 Å². The van der Waals surface area contributed by atoms with Crippen LogP contribution in [0.3, 0.4) is 0 Å². The number of methoxy groups -OCH3 is 1. The van der Waals surface area contributed by atoms with Gasteiger partial charge in [0.2, 0.25) is 5.91 Å². The van der Waals surface area contributed by atoms with E-state index < -0.39 is 6.04 Å². The molecule has 0 aromatic rings. The molecule has 0 bridgehead atoms. The third kappa shape index (κ3) is 9.93. The number of nitrogens with one attached hydrogen (secondary N) is 1. The molecule has 1 amide bonds. The lowest BCUT2D eigenvalue weighted by molar-refractivity contribution is -0.131. The number of amides is 1. The van der Waals surface area contributed by atoms with Gasteiger partial charge in [0.15, 0.2) is 5.78 Å². The summed E-state index contributed by atoms with van der Waals surface area (Å²) < 4.78 is 5.20. The van der Waals surface area contributed by atoms with E-state index >= 15 is 0 Å². The van der Waals surface area contributed by atoms with Gasteiger partial charge >= 0.3 is 0 Å². The fourth-order valence-electron chi connectivity index (χ4n) is 2.48. The first-order chi connectivity index (χ1) is 10.5. The highest BCUT2D eigenvalue weighted by molar-refractivity contribution is 5.89. The Morgan fingerprint density at radius 1 is 1.05 bits per heavy atom. The lowest BCUT2D eigenvalue weighted by Gasteiger charge is -2.24. The van der Waals surface area contributed by atoms with E-state index in [1.54, 1.807) is 14.0 Å². The summed E-state index contributed by atoms with van der Waals surface area (Å²) in [5, 5.41) is 2.85. The van der Waals surface area contributed by atoms with E-state index in [9.17, 15) is 9.59 Å². The van der Waals surface area contributed by atoms with Crippen molar-refractivity contribution in [1.82, 2.24) is 5.32 Å². The highest BCUT2D eigenvalue weighted by Crippen LogP contribution is 2.17. The van der Waals surface area contributed by atoms with Gasteiger partial charge in [0.1, 0.15) is 6.04 Å². The monoisotopic (exact) mass is 315 g/mol. The van der Waals surface area contributed by atoms with Crippen molar-refractivity contribution < 1.29 is 14.3 Å². The second kappa shape index (κ2) is 15.0. The van der Waals surface area contributed by atoms with E-state index in [2.05, 4.69) is 19.2 Å². The number of rotatable bonds is 11. The zero-order valence-corrected chi connectivity index (χ0v) is 15.7. The normalized spacial score (nSPS) is 13.1. The van der Waals surface area contributed by atoms with E-state index in [1.165, 1.54) is 0 Å². The van der Waals surface area contributed by atoms with Crippen molar-refractivity contribution in [3.63, 3.8) is 0 Å². The van der Waals surface area contributed by atoms with Crippen molar-refractivity contribution in [1.29, 1.82) is 0 Å². The van der Waals surface area contributed by atoms with Crippen LogP contribution < -0.4 is 5.32 Å². The Balaban J connectivity index is 0. The Hall–Kier alpha value is -0.900. The van der Waals surface area contributed by atoms with E-state index in [4.69, 9.17) is 4.74 Å². The molecule has 2 atom stereocenters. The van der Waals surface area contributed by atoms with Crippen molar-refractivity contribution in [2.75, 3.05) is 7.11 Å². The molecular weight excluding hydrogens is 278 g/mol. The molecule has 4 heteroatoms. The van der Waals surface area contributed by atoms with Gasteiger partial charge in [-0.05, 0) is 12.8 Å². The van der Waals surface area contributed by atoms with Gasteiger partial charge in [-0.2, -0.15) is 0 Å². The summed E-state index contributed by atoms with van der Waals surface area (Å²) in [6, 6.07) is -0.526. The molecule has 1 N–H and O–H groups in total.